The Labute approximate surface area is 96.9 Å². The minimum atomic E-state index is -0.597. The molecule has 1 aliphatic rings. The van der Waals surface area contributed by atoms with E-state index in [2.05, 4.69) is 0 Å². The fourth-order valence-corrected chi connectivity index (χ4v) is 2.39. The van der Waals surface area contributed by atoms with Crippen molar-refractivity contribution in [2.45, 2.75) is 6.10 Å². The SMILES string of the molecule is O[C@@H](c1ccsc1)c1ccc2c(c1)OCO2. The average Bonchev–Trinajstić information content (AvgIpc) is 2.98. The van der Waals surface area contributed by atoms with E-state index in [1.807, 2.05) is 35.0 Å². The first-order valence-electron chi connectivity index (χ1n) is 4.94. The van der Waals surface area contributed by atoms with Crippen LogP contribution in [0.1, 0.15) is 17.2 Å². The van der Waals surface area contributed by atoms with Crippen molar-refractivity contribution >= 4 is 11.3 Å². The molecule has 0 amide bonds. The monoisotopic (exact) mass is 234 g/mol. The number of hydrogen-bond acceptors (Lipinski definition) is 4. The van der Waals surface area contributed by atoms with Crippen molar-refractivity contribution < 1.29 is 14.6 Å². The van der Waals surface area contributed by atoms with Crippen LogP contribution in [0, 0.1) is 0 Å². The maximum absolute atomic E-state index is 10.1. The molecule has 0 radical (unpaired) electrons. The Morgan fingerprint density at radius 1 is 1.12 bits per heavy atom. The second-order valence-corrected chi connectivity index (χ2v) is 4.35. The van der Waals surface area contributed by atoms with Crippen LogP contribution in [0.15, 0.2) is 35.0 Å². The van der Waals surface area contributed by atoms with Gasteiger partial charge in [-0.25, -0.2) is 0 Å². The molecule has 16 heavy (non-hydrogen) atoms. The molecule has 1 atom stereocenters. The number of ether oxygens (including phenoxy) is 2. The first kappa shape index (κ1) is 9.69. The van der Waals surface area contributed by atoms with Gasteiger partial charge in [0.15, 0.2) is 11.5 Å². The van der Waals surface area contributed by atoms with Gasteiger partial charge in [0.05, 0.1) is 0 Å². The molecule has 1 aromatic carbocycles. The minimum Gasteiger partial charge on any atom is -0.454 e. The lowest BCUT2D eigenvalue weighted by atomic mass is 10.0. The highest BCUT2D eigenvalue weighted by Crippen LogP contribution is 2.35. The van der Waals surface area contributed by atoms with Gasteiger partial charge in [-0.3, -0.25) is 0 Å². The Balaban J connectivity index is 1.95. The van der Waals surface area contributed by atoms with Gasteiger partial charge in [-0.05, 0) is 40.1 Å². The van der Waals surface area contributed by atoms with E-state index in [1.165, 1.54) is 0 Å². The number of aliphatic hydroxyl groups is 1. The van der Waals surface area contributed by atoms with Crippen LogP contribution in [-0.4, -0.2) is 11.9 Å². The van der Waals surface area contributed by atoms with E-state index in [0.29, 0.717) is 5.75 Å². The van der Waals surface area contributed by atoms with Crippen LogP contribution < -0.4 is 9.47 Å². The van der Waals surface area contributed by atoms with Crippen LogP contribution in [0.4, 0.5) is 0 Å². The van der Waals surface area contributed by atoms with Gasteiger partial charge in [-0.2, -0.15) is 11.3 Å². The first-order chi connectivity index (χ1) is 7.84. The molecule has 2 aromatic rings. The molecule has 0 fully saturated rings. The molecular formula is C12H10O3S. The van der Waals surface area contributed by atoms with Crippen LogP contribution in [0.3, 0.4) is 0 Å². The summed E-state index contributed by atoms with van der Waals surface area (Å²) in [5.41, 5.74) is 1.73. The largest absolute Gasteiger partial charge is 0.454 e. The van der Waals surface area contributed by atoms with Crippen molar-refractivity contribution in [1.29, 1.82) is 0 Å². The third-order valence-electron chi connectivity index (χ3n) is 2.57. The number of rotatable bonds is 2. The minimum absolute atomic E-state index is 0.257. The Morgan fingerprint density at radius 2 is 2.00 bits per heavy atom. The van der Waals surface area contributed by atoms with Crippen LogP contribution in [0.5, 0.6) is 11.5 Å². The molecule has 2 heterocycles. The molecule has 0 saturated carbocycles. The Hall–Kier alpha value is -1.52. The maximum atomic E-state index is 10.1. The highest BCUT2D eigenvalue weighted by Gasteiger charge is 2.17. The van der Waals surface area contributed by atoms with Gasteiger partial charge in [-0.15, -0.1) is 0 Å². The quantitative estimate of drug-likeness (QED) is 0.868. The van der Waals surface area contributed by atoms with E-state index in [0.717, 1.165) is 16.9 Å². The van der Waals surface area contributed by atoms with Gasteiger partial charge in [0.1, 0.15) is 6.10 Å². The summed E-state index contributed by atoms with van der Waals surface area (Å²) in [6, 6.07) is 7.42. The zero-order valence-corrected chi connectivity index (χ0v) is 9.24. The molecule has 1 aliphatic heterocycles. The van der Waals surface area contributed by atoms with E-state index in [4.69, 9.17) is 9.47 Å². The van der Waals surface area contributed by atoms with Crippen LogP contribution in [0.2, 0.25) is 0 Å². The summed E-state index contributed by atoms with van der Waals surface area (Å²) in [6.07, 6.45) is -0.597. The molecule has 1 N–H and O–H groups in total. The van der Waals surface area contributed by atoms with Gasteiger partial charge in [0, 0.05) is 0 Å². The summed E-state index contributed by atoms with van der Waals surface area (Å²) < 4.78 is 10.5. The molecule has 3 nitrogen and oxygen atoms in total. The Bertz CT molecular complexity index is 493. The van der Waals surface area contributed by atoms with Gasteiger partial charge in [-0.1, -0.05) is 6.07 Å². The summed E-state index contributed by atoms with van der Waals surface area (Å²) in [4.78, 5) is 0. The summed E-state index contributed by atoms with van der Waals surface area (Å²) in [5, 5.41) is 14.0. The maximum Gasteiger partial charge on any atom is 0.231 e. The molecule has 82 valence electrons. The van der Waals surface area contributed by atoms with Crippen molar-refractivity contribution in [3.63, 3.8) is 0 Å². The molecule has 0 aliphatic carbocycles. The van der Waals surface area contributed by atoms with Crippen molar-refractivity contribution in [2.24, 2.45) is 0 Å². The summed E-state index contributed by atoms with van der Waals surface area (Å²) in [6.45, 7) is 0.257. The highest BCUT2D eigenvalue weighted by atomic mass is 32.1. The average molecular weight is 234 g/mol. The molecular weight excluding hydrogens is 224 g/mol. The van der Waals surface area contributed by atoms with Crippen molar-refractivity contribution in [1.82, 2.24) is 0 Å². The lowest BCUT2D eigenvalue weighted by molar-refractivity contribution is 0.173. The molecule has 0 spiro atoms. The van der Waals surface area contributed by atoms with Crippen molar-refractivity contribution in [2.75, 3.05) is 6.79 Å². The number of benzene rings is 1. The van der Waals surface area contributed by atoms with E-state index >= 15 is 0 Å². The van der Waals surface area contributed by atoms with Gasteiger partial charge in [0.2, 0.25) is 6.79 Å². The second-order valence-electron chi connectivity index (χ2n) is 3.57. The topological polar surface area (TPSA) is 38.7 Å². The van der Waals surface area contributed by atoms with Crippen molar-refractivity contribution in [3.8, 4) is 11.5 Å². The zero-order chi connectivity index (χ0) is 11.0. The molecule has 4 heteroatoms. The van der Waals surface area contributed by atoms with E-state index in [-0.39, 0.29) is 6.79 Å². The summed E-state index contributed by atoms with van der Waals surface area (Å²) in [7, 11) is 0. The summed E-state index contributed by atoms with van der Waals surface area (Å²) in [5.74, 6) is 1.44. The van der Waals surface area contributed by atoms with E-state index in [1.54, 1.807) is 11.3 Å². The fraction of sp³-hybridized carbons (Fsp3) is 0.167. The van der Waals surface area contributed by atoms with Gasteiger partial charge < -0.3 is 14.6 Å². The molecule has 0 unspecified atom stereocenters. The molecule has 3 rings (SSSR count). The number of aliphatic hydroxyl groups excluding tert-OH is 1. The standard InChI is InChI=1S/C12H10O3S/c13-12(9-3-4-16-6-9)8-1-2-10-11(5-8)15-7-14-10/h1-6,12-13H,7H2/t12-/m1/s1. The lowest BCUT2D eigenvalue weighted by Gasteiger charge is -2.09. The lowest BCUT2D eigenvalue weighted by Crippen LogP contribution is -1.97. The second kappa shape index (κ2) is 3.81. The van der Waals surface area contributed by atoms with Crippen molar-refractivity contribution in [3.05, 3.63) is 46.2 Å². The highest BCUT2D eigenvalue weighted by molar-refractivity contribution is 7.07. The number of thiophene rings is 1. The fourth-order valence-electron chi connectivity index (χ4n) is 1.71. The zero-order valence-electron chi connectivity index (χ0n) is 8.42. The van der Waals surface area contributed by atoms with E-state index < -0.39 is 6.10 Å². The predicted molar refractivity (Wildman–Crippen MR) is 60.9 cm³/mol. The Morgan fingerprint density at radius 3 is 2.81 bits per heavy atom. The van der Waals surface area contributed by atoms with Crippen LogP contribution in [-0.2, 0) is 0 Å². The summed E-state index contributed by atoms with van der Waals surface area (Å²) >= 11 is 1.57. The van der Waals surface area contributed by atoms with Crippen LogP contribution in [0.25, 0.3) is 0 Å². The Kier molecular flexibility index (Phi) is 2.31. The molecule has 1 aromatic heterocycles. The normalized spacial score (nSPS) is 15.1. The number of fused-ring (bicyclic) bond motifs is 1. The predicted octanol–water partition coefficient (Wildman–Crippen LogP) is 2.56. The number of hydrogen-bond donors (Lipinski definition) is 1. The van der Waals surface area contributed by atoms with E-state index in [9.17, 15) is 5.11 Å². The third-order valence-corrected chi connectivity index (χ3v) is 3.27. The van der Waals surface area contributed by atoms with Gasteiger partial charge >= 0.3 is 0 Å². The smallest absolute Gasteiger partial charge is 0.231 e. The first-order valence-corrected chi connectivity index (χ1v) is 5.88. The molecule has 0 bridgehead atoms. The third kappa shape index (κ3) is 1.56. The van der Waals surface area contributed by atoms with Gasteiger partial charge in [0.25, 0.3) is 0 Å². The molecule has 0 saturated heterocycles. The van der Waals surface area contributed by atoms with Crippen LogP contribution >= 0.6 is 11.3 Å².